The number of fused-ring (bicyclic) bond motifs is 3. The van der Waals surface area contributed by atoms with Crippen molar-refractivity contribution >= 4 is 40.3 Å². The van der Waals surface area contributed by atoms with Gasteiger partial charge in [0, 0.05) is 42.5 Å². The summed E-state index contributed by atoms with van der Waals surface area (Å²) in [5, 5.41) is 6.69. The van der Waals surface area contributed by atoms with E-state index in [1.165, 1.54) is 5.56 Å². The van der Waals surface area contributed by atoms with Crippen molar-refractivity contribution in [2.24, 2.45) is 0 Å². The average molecular weight is 433 g/mol. The van der Waals surface area contributed by atoms with E-state index in [0.29, 0.717) is 12.4 Å². The summed E-state index contributed by atoms with van der Waals surface area (Å²) in [4.78, 5) is 17.2. The Morgan fingerprint density at radius 1 is 1.10 bits per heavy atom. The second-order valence-corrected chi connectivity index (χ2v) is 8.36. The van der Waals surface area contributed by atoms with Gasteiger partial charge in [0.2, 0.25) is 5.95 Å². The lowest BCUT2D eigenvalue weighted by molar-refractivity contribution is 0.122. The molecule has 1 aromatic carbocycles. The fourth-order valence-electron chi connectivity index (χ4n) is 3.93. The Bertz CT molecular complexity index is 1160. The molecule has 8 heteroatoms. The number of nitrogens with zero attached hydrogens (tertiary/aromatic N) is 4. The van der Waals surface area contributed by atoms with Gasteiger partial charge in [0.25, 0.3) is 0 Å². The van der Waals surface area contributed by atoms with Crippen molar-refractivity contribution in [3.63, 3.8) is 0 Å². The van der Waals surface area contributed by atoms with Gasteiger partial charge in [-0.25, -0.2) is 15.0 Å². The van der Waals surface area contributed by atoms with Crippen LogP contribution in [0.15, 0.2) is 36.5 Å². The van der Waals surface area contributed by atoms with E-state index in [2.05, 4.69) is 45.6 Å². The first-order valence-electron chi connectivity index (χ1n) is 10.4. The molecule has 7 nitrogen and oxygen atoms in total. The van der Waals surface area contributed by atoms with Gasteiger partial charge in [-0.05, 0) is 37.6 Å². The largest absolute Gasteiger partial charge is 0.378 e. The number of aryl methyl sites for hydroxylation is 2. The van der Waals surface area contributed by atoms with Crippen LogP contribution in [0.25, 0.3) is 11.3 Å². The van der Waals surface area contributed by atoms with Crippen LogP contribution >= 0.6 is 12.2 Å². The fraction of sp³-hybridized carbons (Fsp3) is 0.304. The molecule has 2 aromatic heterocycles. The first kappa shape index (κ1) is 19.8. The van der Waals surface area contributed by atoms with Crippen molar-refractivity contribution < 1.29 is 4.74 Å². The third-order valence-corrected chi connectivity index (χ3v) is 5.82. The molecule has 0 saturated carbocycles. The molecule has 0 radical (unpaired) electrons. The average Bonchev–Trinajstić information content (AvgIpc) is 2.90. The molecule has 0 bridgehead atoms. The van der Waals surface area contributed by atoms with E-state index in [1.807, 2.05) is 25.3 Å². The van der Waals surface area contributed by atoms with E-state index in [1.54, 1.807) is 0 Å². The molecule has 158 valence electrons. The first-order valence-corrected chi connectivity index (χ1v) is 10.8. The smallest absolute Gasteiger partial charge is 0.227 e. The van der Waals surface area contributed by atoms with Crippen molar-refractivity contribution in [2.45, 2.75) is 20.3 Å². The summed E-state index contributed by atoms with van der Waals surface area (Å²) in [5.41, 5.74) is 6.90. The van der Waals surface area contributed by atoms with Crippen molar-refractivity contribution in [3.8, 4) is 11.3 Å². The second kappa shape index (κ2) is 8.20. The van der Waals surface area contributed by atoms with Gasteiger partial charge in [-0.15, -0.1) is 0 Å². The minimum Gasteiger partial charge on any atom is -0.378 e. The molecular weight excluding hydrogens is 408 g/mol. The number of thiocarbonyl (C=S) groups is 1. The summed E-state index contributed by atoms with van der Waals surface area (Å²) < 4.78 is 5.44. The lowest BCUT2D eigenvalue weighted by Gasteiger charge is -2.28. The lowest BCUT2D eigenvalue weighted by atomic mass is 10.0. The van der Waals surface area contributed by atoms with E-state index >= 15 is 0 Å². The quantitative estimate of drug-likeness (QED) is 0.601. The van der Waals surface area contributed by atoms with Crippen molar-refractivity contribution in [3.05, 3.63) is 53.3 Å². The zero-order valence-electron chi connectivity index (χ0n) is 17.6. The zero-order valence-corrected chi connectivity index (χ0v) is 18.4. The summed E-state index contributed by atoms with van der Waals surface area (Å²) in [6.45, 7) is 7.27. The van der Waals surface area contributed by atoms with Gasteiger partial charge >= 0.3 is 0 Å². The van der Waals surface area contributed by atoms with Crippen LogP contribution in [0.3, 0.4) is 0 Å². The van der Waals surface area contributed by atoms with Gasteiger partial charge in [0.05, 0.1) is 35.3 Å². The van der Waals surface area contributed by atoms with Gasteiger partial charge in [-0.1, -0.05) is 24.4 Å². The van der Waals surface area contributed by atoms with Crippen LogP contribution in [0.2, 0.25) is 0 Å². The molecule has 1 fully saturated rings. The minimum atomic E-state index is 0.544. The van der Waals surface area contributed by atoms with Crippen LogP contribution < -0.4 is 15.5 Å². The number of morpholine rings is 1. The predicted octanol–water partition coefficient (Wildman–Crippen LogP) is 4.03. The van der Waals surface area contributed by atoms with E-state index in [0.717, 1.165) is 71.0 Å². The summed E-state index contributed by atoms with van der Waals surface area (Å²) in [5.74, 6) is 1.51. The second-order valence-electron chi connectivity index (χ2n) is 7.87. The molecule has 0 spiro atoms. The highest BCUT2D eigenvalue weighted by atomic mass is 32.1. The Labute approximate surface area is 186 Å². The van der Waals surface area contributed by atoms with Gasteiger partial charge < -0.3 is 20.3 Å². The fourth-order valence-corrected chi connectivity index (χ4v) is 4.20. The molecule has 0 amide bonds. The van der Waals surface area contributed by atoms with Crippen molar-refractivity contribution in [1.29, 1.82) is 0 Å². The van der Waals surface area contributed by atoms with Crippen LogP contribution in [0.4, 0.5) is 23.1 Å². The minimum absolute atomic E-state index is 0.544. The summed E-state index contributed by atoms with van der Waals surface area (Å²) >= 11 is 5.51. The molecule has 3 aromatic rings. The third-order valence-electron chi connectivity index (χ3n) is 5.57. The molecule has 2 aliphatic heterocycles. The molecular formula is C23H24N6OS. The normalized spacial score (nSPS) is 15.5. The maximum absolute atomic E-state index is 5.51. The van der Waals surface area contributed by atoms with Crippen molar-refractivity contribution in [2.75, 3.05) is 41.8 Å². The monoisotopic (exact) mass is 432 g/mol. The Hall–Kier alpha value is -3.10. The predicted molar refractivity (Wildman–Crippen MR) is 127 cm³/mol. The Kier molecular flexibility index (Phi) is 5.25. The molecule has 2 aliphatic rings. The lowest BCUT2D eigenvalue weighted by Crippen LogP contribution is -2.36. The number of anilines is 4. The van der Waals surface area contributed by atoms with Crippen LogP contribution in [-0.2, 0) is 11.2 Å². The SMILES string of the molecule is Cc1ccc2c(c1)NC(=S)Cc1cnc(Nc3ccc(N4CCOCC4)nc3C)nc1-2. The molecule has 31 heavy (non-hydrogen) atoms. The molecule has 0 aliphatic carbocycles. The molecule has 1 saturated heterocycles. The molecule has 0 atom stereocenters. The van der Waals surface area contributed by atoms with E-state index in [-0.39, 0.29) is 0 Å². The van der Waals surface area contributed by atoms with Gasteiger partial charge in [0.15, 0.2) is 0 Å². The van der Waals surface area contributed by atoms with Crippen LogP contribution in [0, 0.1) is 13.8 Å². The number of rotatable bonds is 3. The molecule has 5 rings (SSSR count). The molecule has 0 unspecified atom stereocenters. The number of nitrogens with one attached hydrogen (secondary N) is 2. The maximum atomic E-state index is 5.51. The topological polar surface area (TPSA) is 75.2 Å². The molecule has 2 N–H and O–H groups in total. The Balaban J connectivity index is 1.45. The number of ether oxygens (including phenoxy) is 1. The number of benzene rings is 1. The van der Waals surface area contributed by atoms with Gasteiger partial charge in [0.1, 0.15) is 5.82 Å². The zero-order chi connectivity index (χ0) is 21.4. The highest BCUT2D eigenvalue weighted by Gasteiger charge is 2.20. The van der Waals surface area contributed by atoms with Gasteiger partial charge in [-0.3, -0.25) is 0 Å². The number of pyridine rings is 1. The maximum Gasteiger partial charge on any atom is 0.227 e. The highest BCUT2D eigenvalue weighted by molar-refractivity contribution is 7.80. The standard InChI is InChI=1S/C23H24N6OS/c1-14-3-4-17-19(11-14)26-21(31)12-16-13-24-23(28-22(16)17)27-18-5-6-20(25-15(18)2)29-7-9-30-10-8-29/h3-6,11,13H,7-10,12H2,1-2H3,(H,26,31)(H,24,27,28). The van der Waals surface area contributed by atoms with E-state index in [9.17, 15) is 0 Å². The van der Waals surface area contributed by atoms with Crippen LogP contribution in [-0.4, -0.2) is 46.2 Å². The summed E-state index contributed by atoms with van der Waals surface area (Å²) in [7, 11) is 0. The number of aromatic nitrogens is 3. The van der Waals surface area contributed by atoms with Crippen molar-refractivity contribution in [1.82, 2.24) is 15.0 Å². The Morgan fingerprint density at radius 2 is 1.94 bits per heavy atom. The van der Waals surface area contributed by atoms with E-state index < -0.39 is 0 Å². The van der Waals surface area contributed by atoms with Crippen LogP contribution in [0.1, 0.15) is 16.8 Å². The van der Waals surface area contributed by atoms with Gasteiger partial charge in [-0.2, -0.15) is 0 Å². The molecule has 4 heterocycles. The van der Waals surface area contributed by atoms with E-state index in [4.69, 9.17) is 26.9 Å². The summed E-state index contributed by atoms with van der Waals surface area (Å²) in [6, 6.07) is 10.3. The third kappa shape index (κ3) is 4.08. The Morgan fingerprint density at radius 3 is 2.74 bits per heavy atom. The van der Waals surface area contributed by atoms with Crippen LogP contribution in [0.5, 0.6) is 0 Å². The number of hydrogen-bond acceptors (Lipinski definition) is 7. The first-order chi connectivity index (χ1) is 15.1. The highest BCUT2D eigenvalue weighted by Crippen LogP contribution is 2.34. The number of hydrogen-bond donors (Lipinski definition) is 2. The summed E-state index contributed by atoms with van der Waals surface area (Å²) in [6.07, 6.45) is 2.48.